The van der Waals surface area contributed by atoms with Crippen LogP contribution < -0.4 is 0 Å². The topological polar surface area (TPSA) is 30.0 Å². The first kappa shape index (κ1) is 11.1. The highest BCUT2D eigenvalue weighted by Crippen LogP contribution is 2.22. The number of hydrogen-bond acceptors (Lipinski definition) is 2. The lowest BCUT2D eigenvalue weighted by Gasteiger charge is -2.03. The summed E-state index contributed by atoms with van der Waals surface area (Å²) < 4.78 is 0. The molecular formula is C12H7Cl2NO. The molecule has 80 valence electrons. The van der Waals surface area contributed by atoms with Gasteiger partial charge >= 0.3 is 0 Å². The van der Waals surface area contributed by atoms with E-state index >= 15 is 0 Å². The lowest BCUT2D eigenvalue weighted by atomic mass is 10.1. The van der Waals surface area contributed by atoms with Gasteiger partial charge in [0, 0.05) is 10.6 Å². The molecule has 0 unspecified atom stereocenters. The fourth-order valence-corrected chi connectivity index (χ4v) is 1.66. The summed E-state index contributed by atoms with van der Waals surface area (Å²) in [5.74, 6) is 0. The summed E-state index contributed by atoms with van der Waals surface area (Å²) in [4.78, 5) is 15.2. The number of carbonyl (C=O) groups is 1. The summed E-state index contributed by atoms with van der Waals surface area (Å²) >= 11 is 11.3. The third kappa shape index (κ3) is 2.40. The maximum absolute atomic E-state index is 11.0. The zero-order valence-corrected chi connectivity index (χ0v) is 9.66. The molecule has 2 aromatic rings. The number of carbonyl (C=O) groups excluding carboxylic acids is 1. The minimum absolute atomic E-state index is 0.160. The third-order valence-electron chi connectivity index (χ3n) is 2.06. The van der Waals surface area contributed by atoms with E-state index in [-0.39, 0.29) is 5.69 Å². The predicted molar refractivity (Wildman–Crippen MR) is 64.9 cm³/mol. The van der Waals surface area contributed by atoms with Gasteiger partial charge in [0.05, 0.1) is 5.69 Å². The highest BCUT2D eigenvalue weighted by atomic mass is 35.5. The van der Waals surface area contributed by atoms with Crippen molar-refractivity contribution in [3.63, 3.8) is 0 Å². The van der Waals surface area contributed by atoms with Crippen LogP contribution in [0, 0.1) is 0 Å². The molecule has 0 aliphatic heterocycles. The highest BCUT2D eigenvalue weighted by molar-refractivity contribution is 6.67. The van der Waals surface area contributed by atoms with E-state index in [9.17, 15) is 4.79 Å². The molecule has 0 saturated carbocycles. The second-order valence-corrected chi connectivity index (χ2v) is 3.98. The number of benzene rings is 1. The molecule has 0 amide bonds. The van der Waals surface area contributed by atoms with Gasteiger partial charge in [-0.3, -0.25) is 4.79 Å². The van der Waals surface area contributed by atoms with Crippen LogP contribution in [-0.4, -0.2) is 10.2 Å². The number of nitrogens with zero attached hydrogens (tertiary/aromatic N) is 1. The lowest BCUT2D eigenvalue weighted by Crippen LogP contribution is -1.95. The van der Waals surface area contributed by atoms with Gasteiger partial charge in [-0.15, -0.1) is 0 Å². The molecule has 0 atom stereocenters. The molecule has 0 aliphatic carbocycles. The van der Waals surface area contributed by atoms with Gasteiger partial charge in [0.1, 0.15) is 5.69 Å². The van der Waals surface area contributed by atoms with Crippen molar-refractivity contribution < 1.29 is 4.79 Å². The summed E-state index contributed by atoms with van der Waals surface area (Å²) in [5, 5.41) is -0.169. The maximum Gasteiger partial charge on any atom is 0.270 e. The molecule has 1 aromatic carbocycles. The molecule has 1 heterocycles. The smallest absolute Gasteiger partial charge is 0.270 e. The molecule has 2 rings (SSSR count). The van der Waals surface area contributed by atoms with Crippen molar-refractivity contribution in [2.24, 2.45) is 0 Å². The van der Waals surface area contributed by atoms with E-state index in [4.69, 9.17) is 23.2 Å². The van der Waals surface area contributed by atoms with Crippen molar-refractivity contribution in [3.8, 4) is 11.3 Å². The number of hydrogen-bond donors (Lipinski definition) is 0. The third-order valence-corrected chi connectivity index (χ3v) is 2.47. The van der Waals surface area contributed by atoms with E-state index < -0.39 is 5.24 Å². The van der Waals surface area contributed by atoms with Crippen LogP contribution in [0.4, 0.5) is 0 Å². The number of aromatic nitrogens is 1. The van der Waals surface area contributed by atoms with Crippen LogP contribution in [-0.2, 0) is 0 Å². The second kappa shape index (κ2) is 4.64. The van der Waals surface area contributed by atoms with Crippen LogP contribution in [0.15, 0.2) is 42.5 Å². The van der Waals surface area contributed by atoms with Crippen LogP contribution in [0.5, 0.6) is 0 Å². The van der Waals surface area contributed by atoms with Crippen LogP contribution in [0.25, 0.3) is 11.3 Å². The average molecular weight is 252 g/mol. The summed E-state index contributed by atoms with van der Waals surface area (Å²) in [7, 11) is 0. The molecule has 0 N–H and O–H groups in total. The van der Waals surface area contributed by atoms with Gasteiger partial charge in [0.2, 0.25) is 0 Å². The number of halogens is 2. The fourth-order valence-electron chi connectivity index (χ4n) is 1.35. The zero-order chi connectivity index (χ0) is 11.5. The Hall–Kier alpha value is -1.38. The summed E-state index contributed by atoms with van der Waals surface area (Å²) in [6.45, 7) is 0. The molecule has 0 saturated heterocycles. The average Bonchev–Trinajstić information content (AvgIpc) is 2.29. The minimum atomic E-state index is -0.611. The van der Waals surface area contributed by atoms with Crippen molar-refractivity contribution in [1.82, 2.24) is 4.98 Å². The SMILES string of the molecule is O=C(Cl)c1cc(Cl)cc(-c2ccccc2)n1. The second-order valence-electron chi connectivity index (χ2n) is 3.20. The van der Waals surface area contributed by atoms with Crippen molar-refractivity contribution in [1.29, 1.82) is 0 Å². The summed E-state index contributed by atoms with van der Waals surface area (Å²) in [5.41, 5.74) is 1.69. The van der Waals surface area contributed by atoms with E-state index in [0.717, 1.165) is 5.56 Å². The van der Waals surface area contributed by atoms with E-state index in [1.165, 1.54) is 6.07 Å². The first-order valence-electron chi connectivity index (χ1n) is 4.59. The van der Waals surface area contributed by atoms with Gasteiger partial charge < -0.3 is 0 Å². The Morgan fingerprint density at radius 1 is 1.12 bits per heavy atom. The Labute approximate surface area is 103 Å². The first-order valence-corrected chi connectivity index (χ1v) is 5.35. The molecule has 16 heavy (non-hydrogen) atoms. The van der Waals surface area contributed by atoms with Crippen molar-refractivity contribution >= 4 is 28.4 Å². The van der Waals surface area contributed by atoms with E-state index in [0.29, 0.717) is 10.7 Å². The van der Waals surface area contributed by atoms with Crippen LogP contribution in [0.3, 0.4) is 0 Å². The van der Waals surface area contributed by atoms with Gasteiger partial charge in [-0.05, 0) is 23.7 Å². The molecule has 0 spiro atoms. The van der Waals surface area contributed by atoms with Crippen LogP contribution in [0.1, 0.15) is 10.5 Å². The van der Waals surface area contributed by atoms with Gasteiger partial charge in [-0.25, -0.2) is 4.98 Å². The largest absolute Gasteiger partial charge is 0.274 e. The zero-order valence-electron chi connectivity index (χ0n) is 8.15. The van der Waals surface area contributed by atoms with E-state index in [2.05, 4.69) is 4.98 Å². The highest BCUT2D eigenvalue weighted by Gasteiger charge is 2.08. The molecule has 0 aliphatic rings. The van der Waals surface area contributed by atoms with Crippen LogP contribution in [0.2, 0.25) is 5.02 Å². The van der Waals surface area contributed by atoms with Crippen molar-refractivity contribution in [3.05, 3.63) is 53.2 Å². The van der Waals surface area contributed by atoms with Crippen molar-refractivity contribution in [2.45, 2.75) is 0 Å². The standard InChI is InChI=1S/C12H7Cl2NO/c13-9-6-10(8-4-2-1-3-5-8)15-11(7-9)12(14)16/h1-7H. The monoisotopic (exact) mass is 251 g/mol. The minimum Gasteiger partial charge on any atom is -0.274 e. The van der Waals surface area contributed by atoms with Gasteiger partial charge in [0.25, 0.3) is 5.24 Å². The molecule has 4 heteroatoms. The first-order chi connectivity index (χ1) is 7.66. The lowest BCUT2D eigenvalue weighted by molar-refractivity contribution is 0.107. The molecule has 0 bridgehead atoms. The molecule has 1 aromatic heterocycles. The fraction of sp³-hybridized carbons (Fsp3) is 0. The Balaban J connectivity index is 2.54. The molecule has 0 fully saturated rings. The van der Waals surface area contributed by atoms with E-state index in [1.54, 1.807) is 6.07 Å². The Bertz CT molecular complexity index is 526. The number of pyridine rings is 1. The Morgan fingerprint density at radius 2 is 1.81 bits per heavy atom. The van der Waals surface area contributed by atoms with E-state index in [1.807, 2.05) is 30.3 Å². The number of rotatable bonds is 2. The van der Waals surface area contributed by atoms with Crippen molar-refractivity contribution in [2.75, 3.05) is 0 Å². The normalized spacial score (nSPS) is 10.1. The molecular weight excluding hydrogens is 245 g/mol. The summed E-state index contributed by atoms with van der Waals surface area (Å²) in [6, 6.07) is 12.6. The maximum atomic E-state index is 11.0. The van der Waals surface area contributed by atoms with Gasteiger partial charge in [0.15, 0.2) is 0 Å². The van der Waals surface area contributed by atoms with Gasteiger partial charge in [-0.1, -0.05) is 41.9 Å². The van der Waals surface area contributed by atoms with Gasteiger partial charge in [-0.2, -0.15) is 0 Å². The quantitative estimate of drug-likeness (QED) is 0.761. The Kier molecular flexibility index (Phi) is 3.22. The Morgan fingerprint density at radius 3 is 2.44 bits per heavy atom. The van der Waals surface area contributed by atoms with Crippen LogP contribution >= 0.6 is 23.2 Å². The summed E-state index contributed by atoms with van der Waals surface area (Å²) in [6.07, 6.45) is 0. The molecule has 2 nitrogen and oxygen atoms in total. The molecule has 0 radical (unpaired) electrons. The predicted octanol–water partition coefficient (Wildman–Crippen LogP) is 3.78.